The van der Waals surface area contributed by atoms with E-state index >= 15 is 0 Å². The highest BCUT2D eigenvalue weighted by molar-refractivity contribution is 5.72. The van der Waals surface area contributed by atoms with Gasteiger partial charge in [-0.3, -0.25) is 9.59 Å². The van der Waals surface area contributed by atoms with Crippen molar-refractivity contribution in [1.82, 2.24) is 0 Å². The zero-order valence-electron chi connectivity index (χ0n) is 23.1. The SMILES string of the molecule is CCOC(=O)C1CCC(OC2CCCCC2)CC1.CCOC(=O)C1CCC(OC2CCCCC2)CC1. The van der Waals surface area contributed by atoms with Crippen LogP contribution in [0.15, 0.2) is 0 Å². The molecule has 6 heteroatoms. The van der Waals surface area contributed by atoms with E-state index in [2.05, 4.69) is 0 Å². The van der Waals surface area contributed by atoms with Gasteiger partial charge in [-0.15, -0.1) is 0 Å². The molecule has 0 amide bonds. The summed E-state index contributed by atoms with van der Waals surface area (Å²) in [5.74, 6) is 0.231. The van der Waals surface area contributed by atoms with Gasteiger partial charge in [0.25, 0.3) is 0 Å². The van der Waals surface area contributed by atoms with E-state index < -0.39 is 0 Å². The lowest BCUT2D eigenvalue weighted by Gasteiger charge is -2.32. The van der Waals surface area contributed by atoms with Crippen LogP contribution in [0, 0.1) is 11.8 Å². The molecule has 36 heavy (non-hydrogen) atoms. The van der Waals surface area contributed by atoms with E-state index in [4.69, 9.17) is 18.9 Å². The first kappa shape index (κ1) is 29.4. The Bertz CT molecular complexity index is 555. The largest absolute Gasteiger partial charge is 0.466 e. The maximum Gasteiger partial charge on any atom is 0.308 e. The molecule has 4 aliphatic carbocycles. The first-order valence-electron chi connectivity index (χ1n) is 15.2. The van der Waals surface area contributed by atoms with Crippen LogP contribution in [0.5, 0.6) is 0 Å². The van der Waals surface area contributed by atoms with Crippen molar-refractivity contribution in [3.8, 4) is 0 Å². The molecule has 0 saturated heterocycles. The van der Waals surface area contributed by atoms with Gasteiger partial charge in [-0.1, -0.05) is 38.5 Å². The summed E-state index contributed by atoms with van der Waals surface area (Å²) in [5, 5.41) is 0. The van der Waals surface area contributed by atoms with Gasteiger partial charge in [-0.2, -0.15) is 0 Å². The van der Waals surface area contributed by atoms with Crippen molar-refractivity contribution >= 4 is 11.9 Å². The Morgan fingerprint density at radius 1 is 0.472 bits per heavy atom. The number of hydrogen-bond donors (Lipinski definition) is 0. The summed E-state index contributed by atoms with van der Waals surface area (Å²) in [5.41, 5.74) is 0. The van der Waals surface area contributed by atoms with E-state index in [0.717, 1.165) is 51.4 Å². The smallest absolute Gasteiger partial charge is 0.308 e. The average Bonchev–Trinajstić information content (AvgIpc) is 2.91. The molecule has 0 aromatic rings. The molecule has 0 unspecified atom stereocenters. The highest BCUT2D eigenvalue weighted by Gasteiger charge is 2.30. The van der Waals surface area contributed by atoms with Crippen molar-refractivity contribution in [2.45, 2.75) is 154 Å². The summed E-state index contributed by atoms with van der Waals surface area (Å²) in [6, 6.07) is 0. The molecule has 4 rings (SSSR count). The van der Waals surface area contributed by atoms with Crippen molar-refractivity contribution in [2.75, 3.05) is 13.2 Å². The highest BCUT2D eigenvalue weighted by Crippen LogP contribution is 2.32. The number of carbonyl (C=O) groups excluding carboxylic acids is 2. The fourth-order valence-corrected chi connectivity index (χ4v) is 6.34. The second kappa shape index (κ2) is 16.7. The van der Waals surface area contributed by atoms with Crippen LogP contribution in [0.4, 0.5) is 0 Å². The molecule has 0 aromatic heterocycles. The Hall–Kier alpha value is -1.14. The summed E-state index contributed by atoms with van der Waals surface area (Å²) < 4.78 is 22.5. The molecular weight excluding hydrogens is 456 g/mol. The van der Waals surface area contributed by atoms with E-state index in [1.54, 1.807) is 0 Å². The topological polar surface area (TPSA) is 71.1 Å². The summed E-state index contributed by atoms with van der Waals surface area (Å²) in [4.78, 5) is 23.3. The van der Waals surface area contributed by atoms with Gasteiger partial charge >= 0.3 is 11.9 Å². The van der Waals surface area contributed by atoms with Gasteiger partial charge in [0.1, 0.15) is 0 Å². The number of hydrogen-bond acceptors (Lipinski definition) is 6. The van der Waals surface area contributed by atoms with E-state index in [-0.39, 0.29) is 23.8 Å². The standard InChI is InChI=1S/2C15H26O3/c2*1-2-17-15(16)12-8-10-14(11-9-12)18-13-6-4-3-5-7-13/h2*12-14H,2-11H2,1H3. The lowest BCUT2D eigenvalue weighted by atomic mass is 9.87. The molecule has 4 saturated carbocycles. The number of carbonyl (C=O) groups is 2. The van der Waals surface area contributed by atoms with Crippen molar-refractivity contribution in [1.29, 1.82) is 0 Å². The first-order valence-corrected chi connectivity index (χ1v) is 15.2. The zero-order chi connectivity index (χ0) is 25.6. The Labute approximate surface area is 219 Å². The van der Waals surface area contributed by atoms with Gasteiger partial charge in [-0.05, 0) is 90.9 Å². The third-order valence-electron chi connectivity index (χ3n) is 8.46. The van der Waals surface area contributed by atoms with Crippen molar-refractivity contribution in [2.24, 2.45) is 11.8 Å². The van der Waals surface area contributed by atoms with Gasteiger partial charge < -0.3 is 18.9 Å². The number of esters is 2. The summed E-state index contributed by atoms with van der Waals surface area (Å²) >= 11 is 0. The van der Waals surface area contributed by atoms with E-state index in [1.165, 1.54) is 64.2 Å². The van der Waals surface area contributed by atoms with Gasteiger partial charge in [0, 0.05) is 0 Å². The minimum atomic E-state index is -0.00591. The summed E-state index contributed by atoms with van der Waals surface area (Å²) in [7, 11) is 0. The monoisotopic (exact) mass is 508 g/mol. The van der Waals surface area contributed by atoms with Crippen LogP contribution in [0.3, 0.4) is 0 Å². The minimum Gasteiger partial charge on any atom is -0.466 e. The van der Waals surface area contributed by atoms with Crippen LogP contribution < -0.4 is 0 Å². The zero-order valence-corrected chi connectivity index (χ0v) is 23.1. The fourth-order valence-electron chi connectivity index (χ4n) is 6.34. The van der Waals surface area contributed by atoms with Gasteiger partial charge in [0.05, 0.1) is 49.5 Å². The van der Waals surface area contributed by atoms with Gasteiger partial charge in [0.2, 0.25) is 0 Å². The van der Waals surface area contributed by atoms with Crippen LogP contribution in [-0.4, -0.2) is 49.6 Å². The molecular formula is C30H52O6. The molecule has 0 radical (unpaired) electrons. The molecule has 0 spiro atoms. The molecule has 0 aliphatic heterocycles. The second-order valence-electron chi connectivity index (χ2n) is 11.2. The molecule has 0 N–H and O–H groups in total. The molecule has 4 aliphatic rings. The molecule has 6 nitrogen and oxygen atoms in total. The predicted molar refractivity (Wildman–Crippen MR) is 141 cm³/mol. The molecule has 0 atom stereocenters. The molecule has 0 heterocycles. The normalized spacial score (nSPS) is 30.1. The Balaban J connectivity index is 0.000000201. The second-order valence-corrected chi connectivity index (χ2v) is 11.2. The van der Waals surface area contributed by atoms with E-state index in [0.29, 0.717) is 37.6 Å². The minimum absolute atomic E-state index is 0.00591. The predicted octanol–water partition coefficient (Wildman–Crippen LogP) is 6.92. The highest BCUT2D eigenvalue weighted by atomic mass is 16.5. The van der Waals surface area contributed by atoms with Gasteiger partial charge in [0.15, 0.2) is 0 Å². The van der Waals surface area contributed by atoms with Crippen molar-refractivity contribution in [3.63, 3.8) is 0 Å². The van der Waals surface area contributed by atoms with Crippen LogP contribution in [0.25, 0.3) is 0 Å². The number of rotatable bonds is 8. The maximum absolute atomic E-state index is 11.6. The van der Waals surface area contributed by atoms with Crippen LogP contribution >= 0.6 is 0 Å². The summed E-state index contributed by atoms with van der Waals surface area (Å²) in [6.07, 6.45) is 22.6. The average molecular weight is 509 g/mol. The Morgan fingerprint density at radius 2 is 0.778 bits per heavy atom. The first-order chi connectivity index (χ1) is 17.6. The molecule has 0 aromatic carbocycles. The lowest BCUT2D eigenvalue weighted by Crippen LogP contribution is -2.31. The van der Waals surface area contributed by atoms with Crippen LogP contribution in [0.1, 0.15) is 129 Å². The quantitative estimate of drug-likeness (QED) is 0.332. The van der Waals surface area contributed by atoms with Crippen molar-refractivity contribution in [3.05, 3.63) is 0 Å². The third kappa shape index (κ3) is 10.3. The molecule has 0 bridgehead atoms. The molecule has 208 valence electrons. The lowest BCUT2D eigenvalue weighted by molar-refractivity contribution is -0.151. The third-order valence-corrected chi connectivity index (χ3v) is 8.46. The van der Waals surface area contributed by atoms with Gasteiger partial charge in [-0.25, -0.2) is 0 Å². The molecule has 4 fully saturated rings. The van der Waals surface area contributed by atoms with Crippen LogP contribution in [-0.2, 0) is 28.5 Å². The van der Waals surface area contributed by atoms with E-state index in [1.807, 2.05) is 13.8 Å². The fraction of sp³-hybridized carbons (Fsp3) is 0.933. The Morgan fingerprint density at radius 3 is 1.08 bits per heavy atom. The Kier molecular flexibility index (Phi) is 13.6. The maximum atomic E-state index is 11.6. The summed E-state index contributed by atoms with van der Waals surface area (Å²) in [6.45, 7) is 4.74. The van der Waals surface area contributed by atoms with E-state index in [9.17, 15) is 9.59 Å². The number of ether oxygens (including phenoxy) is 4. The van der Waals surface area contributed by atoms with Crippen LogP contribution in [0.2, 0.25) is 0 Å². The van der Waals surface area contributed by atoms with Crippen molar-refractivity contribution < 1.29 is 28.5 Å².